The zero-order valence-electron chi connectivity index (χ0n) is 17.9. The number of hydrogen-bond acceptors (Lipinski definition) is 4. The van der Waals surface area contributed by atoms with E-state index in [1.807, 2.05) is 0 Å². The molecule has 0 bridgehead atoms. The minimum Gasteiger partial charge on any atom is -0.462 e. The molecular formula is C24H27F2NO4. The van der Waals surface area contributed by atoms with Crippen LogP contribution in [0.25, 0.3) is 0 Å². The van der Waals surface area contributed by atoms with Gasteiger partial charge in [-0.3, -0.25) is 4.79 Å². The summed E-state index contributed by atoms with van der Waals surface area (Å²) in [6.07, 6.45) is 0.173. The standard InChI is InChI=1S/C24H27F2NO4/c1-24(2,3)31-23(29)27-21(13-16-6-10-18(26)11-7-16)20-14-19(30-22(20)28)12-15-4-8-17(25)9-5-15/h4-11,19-21H,12-14H2,1-3H3,(H,27,29)/t19-,20-,21+/m1/s1. The van der Waals surface area contributed by atoms with E-state index in [4.69, 9.17) is 9.47 Å². The molecular weight excluding hydrogens is 404 g/mol. The van der Waals surface area contributed by atoms with Crippen LogP contribution in [-0.4, -0.2) is 29.8 Å². The van der Waals surface area contributed by atoms with E-state index in [2.05, 4.69) is 5.32 Å². The molecule has 1 N–H and O–H groups in total. The van der Waals surface area contributed by atoms with Gasteiger partial charge in [0, 0.05) is 12.5 Å². The largest absolute Gasteiger partial charge is 0.462 e. The summed E-state index contributed by atoms with van der Waals surface area (Å²) in [7, 11) is 0. The predicted octanol–water partition coefficient (Wildman–Crippen LogP) is 4.58. The summed E-state index contributed by atoms with van der Waals surface area (Å²) < 4.78 is 37.3. The smallest absolute Gasteiger partial charge is 0.407 e. The van der Waals surface area contributed by atoms with E-state index in [0.29, 0.717) is 19.3 Å². The molecule has 31 heavy (non-hydrogen) atoms. The molecule has 0 unspecified atom stereocenters. The topological polar surface area (TPSA) is 64.6 Å². The third-order valence-electron chi connectivity index (χ3n) is 5.04. The van der Waals surface area contributed by atoms with E-state index in [1.165, 1.54) is 24.3 Å². The zero-order chi connectivity index (χ0) is 22.6. The SMILES string of the molecule is CC(C)(C)OC(=O)N[C@@H](Cc1ccc(F)cc1)[C@H]1C[C@@H](Cc2ccc(F)cc2)OC1=O. The molecule has 5 nitrogen and oxygen atoms in total. The summed E-state index contributed by atoms with van der Waals surface area (Å²) in [6, 6.07) is 11.4. The number of halogens is 2. The molecule has 1 fully saturated rings. The average Bonchev–Trinajstić information content (AvgIpc) is 3.03. The highest BCUT2D eigenvalue weighted by Crippen LogP contribution is 2.29. The fourth-order valence-electron chi connectivity index (χ4n) is 3.64. The number of carbonyl (C=O) groups excluding carboxylic acids is 2. The molecule has 1 aliphatic rings. The molecule has 1 saturated heterocycles. The van der Waals surface area contributed by atoms with Crippen LogP contribution in [0, 0.1) is 17.6 Å². The fourth-order valence-corrected chi connectivity index (χ4v) is 3.64. The van der Waals surface area contributed by atoms with E-state index >= 15 is 0 Å². The lowest BCUT2D eigenvalue weighted by atomic mass is 9.89. The second kappa shape index (κ2) is 9.45. The predicted molar refractivity (Wildman–Crippen MR) is 111 cm³/mol. The maximum absolute atomic E-state index is 13.3. The van der Waals surface area contributed by atoms with Crippen LogP contribution in [0.15, 0.2) is 48.5 Å². The first-order valence-corrected chi connectivity index (χ1v) is 10.3. The molecule has 3 atom stereocenters. The summed E-state index contributed by atoms with van der Waals surface area (Å²) in [5.74, 6) is -1.68. The fraction of sp³-hybridized carbons (Fsp3) is 0.417. The van der Waals surface area contributed by atoms with Crippen molar-refractivity contribution in [3.63, 3.8) is 0 Å². The number of carbonyl (C=O) groups is 2. The van der Waals surface area contributed by atoms with Gasteiger partial charge in [-0.25, -0.2) is 13.6 Å². The van der Waals surface area contributed by atoms with Gasteiger partial charge >= 0.3 is 12.1 Å². The van der Waals surface area contributed by atoms with Crippen molar-refractivity contribution in [3.05, 3.63) is 71.3 Å². The van der Waals surface area contributed by atoms with Gasteiger partial charge in [0.25, 0.3) is 0 Å². The molecule has 2 aromatic carbocycles. The quantitative estimate of drug-likeness (QED) is 0.681. The average molecular weight is 431 g/mol. The lowest BCUT2D eigenvalue weighted by molar-refractivity contribution is -0.144. The Bertz CT molecular complexity index is 907. The summed E-state index contributed by atoms with van der Waals surface area (Å²) >= 11 is 0. The molecule has 0 aromatic heterocycles. The molecule has 2 aromatic rings. The summed E-state index contributed by atoms with van der Waals surface area (Å²) in [6.45, 7) is 5.26. The van der Waals surface area contributed by atoms with Gasteiger partial charge in [-0.05, 0) is 69.0 Å². The molecule has 1 aliphatic heterocycles. The van der Waals surface area contributed by atoms with Gasteiger partial charge in [-0.2, -0.15) is 0 Å². The summed E-state index contributed by atoms with van der Waals surface area (Å²) in [4.78, 5) is 25.0. The Morgan fingerprint density at radius 1 is 1.06 bits per heavy atom. The first-order chi connectivity index (χ1) is 14.6. The first kappa shape index (κ1) is 22.7. The van der Waals surface area contributed by atoms with Crippen molar-refractivity contribution in [1.82, 2.24) is 5.32 Å². The minimum absolute atomic E-state index is 0.322. The zero-order valence-corrected chi connectivity index (χ0v) is 17.9. The van der Waals surface area contributed by atoms with Crippen LogP contribution in [0.5, 0.6) is 0 Å². The highest BCUT2D eigenvalue weighted by Gasteiger charge is 2.41. The lowest BCUT2D eigenvalue weighted by Gasteiger charge is -2.26. The molecule has 0 saturated carbocycles. The first-order valence-electron chi connectivity index (χ1n) is 10.3. The van der Waals surface area contributed by atoms with Crippen LogP contribution in [0.2, 0.25) is 0 Å². The lowest BCUT2D eigenvalue weighted by Crippen LogP contribution is -2.45. The Labute approximate surface area is 180 Å². The Morgan fingerprint density at radius 3 is 2.16 bits per heavy atom. The Balaban J connectivity index is 1.73. The normalized spacial score (nSPS) is 19.6. The molecule has 1 heterocycles. The van der Waals surface area contributed by atoms with E-state index in [1.54, 1.807) is 45.0 Å². The van der Waals surface area contributed by atoms with Crippen molar-refractivity contribution >= 4 is 12.1 Å². The van der Waals surface area contributed by atoms with Crippen molar-refractivity contribution in [2.45, 2.75) is 57.8 Å². The van der Waals surface area contributed by atoms with Crippen LogP contribution in [0.3, 0.4) is 0 Å². The molecule has 1 amide bonds. The van der Waals surface area contributed by atoms with E-state index in [-0.39, 0.29) is 17.7 Å². The number of rotatable bonds is 6. The molecule has 7 heteroatoms. The van der Waals surface area contributed by atoms with Gasteiger partial charge < -0.3 is 14.8 Å². The Hall–Kier alpha value is -2.96. The Kier molecular flexibility index (Phi) is 6.93. The Morgan fingerprint density at radius 2 is 1.61 bits per heavy atom. The molecule has 0 radical (unpaired) electrons. The van der Waals surface area contributed by atoms with Crippen LogP contribution in [0.4, 0.5) is 13.6 Å². The van der Waals surface area contributed by atoms with E-state index in [0.717, 1.165) is 11.1 Å². The van der Waals surface area contributed by atoms with Crippen molar-refractivity contribution in [2.75, 3.05) is 0 Å². The van der Waals surface area contributed by atoms with Gasteiger partial charge in [-0.1, -0.05) is 24.3 Å². The van der Waals surface area contributed by atoms with Crippen LogP contribution in [0.1, 0.15) is 38.3 Å². The maximum atomic E-state index is 13.3. The van der Waals surface area contributed by atoms with Crippen LogP contribution < -0.4 is 5.32 Å². The third kappa shape index (κ3) is 6.77. The van der Waals surface area contributed by atoms with Crippen molar-refractivity contribution in [2.24, 2.45) is 5.92 Å². The van der Waals surface area contributed by atoms with Gasteiger partial charge in [0.2, 0.25) is 0 Å². The number of ether oxygens (including phenoxy) is 2. The molecule has 3 rings (SSSR count). The monoisotopic (exact) mass is 431 g/mol. The number of esters is 1. The summed E-state index contributed by atoms with van der Waals surface area (Å²) in [5, 5.41) is 2.80. The van der Waals surface area contributed by atoms with E-state index < -0.39 is 29.6 Å². The van der Waals surface area contributed by atoms with Gasteiger partial charge in [0.05, 0.1) is 5.92 Å². The second-order valence-corrected chi connectivity index (χ2v) is 8.81. The van der Waals surface area contributed by atoms with Gasteiger partial charge in [0.1, 0.15) is 23.3 Å². The number of amides is 1. The highest BCUT2D eigenvalue weighted by atomic mass is 19.1. The number of benzene rings is 2. The van der Waals surface area contributed by atoms with Crippen LogP contribution >= 0.6 is 0 Å². The van der Waals surface area contributed by atoms with E-state index in [9.17, 15) is 18.4 Å². The maximum Gasteiger partial charge on any atom is 0.407 e. The van der Waals surface area contributed by atoms with Crippen molar-refractivity contribution < 1.29 is 27.8 Å². The summed E-state index contributed by atoms with van der Waals surface area (Å²) in [5.41, 5.74) is 0.943. The van der Waals surface area contributed by atoms with Crippen molar-refractivity contribution in [3.8, 4) is 0 Å². The number of nitrogens with one attached hydrogen (secondary N) is 1. The third-order valence-corrected chi connectivity index (χ3v) is 5.04. The number of hydrogen-bond donors (Lipinski definition) is 1. The van der Waals surface area contributed by atoms with Crippen LogP contribution in [-0.2, 0) is 27.1 Å². The number of cyclic esters (lactones) is 1. The van der Waals surface area contributed by atoms with Gasteiger partial charge in [0.15, 0.2) is 0 Å². The highest BCUT2D eigenvalue weighted by molar-refractivity contribution is 5.77. The number of alkyl carbamates (subject to hydrolysis) is 1. The minimum atomic E-state index is -0.689. The second-order valence-electron chi connectivity index (χ2n) is 8.81. The van der Waals surface area contributed by atoms with Crippen molar-refractivity contribution in [1.29, 1.82) is 0 Å². The van der Waals surface area contributed by atoms with Gasteiger partial charge in [-0.15, -0.1) is 0 Å². The molecule has 166 valence electrons. The molecule has 0 spiro atoms. The molecule has 0 aliphatic carbocycles.